The Labute approximate surface area is 134 Å². The summed E-state index contributed by atoms with van der Waals surface area (Å²) in [6.07, 6.45) is 3.26. The highest BCUT2D eigenvalue weighted by molar-refractivity contribution is 5.87. The van der Waals surface area contributed by atoms with Crippen molar-refractivity contribution in [2.75, 3.05) is 6.61 Å². The first-order valence-corrected chi connectivity index (χ1v) is 8.25. The average molecular weight is 310 g/mol. The fraction of sp³-hybridized carbons (Fsp3) is 0.778. The Hall–Kier alpha value is -1.32. The van der Waals surface area contributed by atoms with Crippen molar-refractivity contribution < 1.29 is 19.1 Å². The summed E-state index contributed by atoms with van der Waals surface area (Å²) < 4.78 is 10.8. The second-order valence-electron chi connectivity index (χ2n) is 6.91. The van der Waals surface area contributed by atoms with Crippen LogP contribution >= 0.6 is 0 Å². The van der Waals surface area contributed by atoms with Crippen LogP contribution in [0.25, 0.3) is 0 Å². The van der Waals surface area contributed by atoms with E-state index >= 15 is 0 Å². The van der Waals surface area contributed by atoms with E-state index in [1.54, 1.807) is 6.92 Å². The molecule has 4 heteroatoms. The van der Waals surface area contributed by atoms with Gasteiger partial charge in [0.25, 0.3) is 0 Å². The molecule has 0 aromatic carbocycles. The van der Waals surface area contributed by atoms with Gasteiger partial charge < -0.3 is 9.47 Å². The molecule has 4 unspecified atom stereocenters. The zero-order valence-electron chi connectivity index (χ0n) is 14.6. The summed E-state index contributed by atoms with van der Waals surface area (Å²) in [5, 5.41) is 0. The molecule has 1 aliphatic carbocycles. The van der Waals surface area contributed by atoms with Gasteiger partial charge in [-0.1, -0.05) is 27.4 Å². The van der Waals surface area contributed by atoms with Gasteiger partial charge in [0.1, 0.15) is 12.2 Å². The number of rotatable bonds is 6. The first-order chi connectivity index (χ1) is 10.2. The molecule has 0 aromatic rings. The van der Waals surface area contributed by atoms with E-state index in [1.165, 1.54) is 0 Å². The highest BCUT2D eigenvalue weighted by Crippen LogP contribution is 2.45. The highest BCUT2D eigenvalue weighted by Gasteiger charge is 2.46. The van der Waals surface area contributed by atoms with E-state index in [1.807, 2.05) is 0 Å². The summed E-state index contributed by atoms with van der Waals surface area (Å²) in [7, 11) is 0. The Bertz CT molecular complexity index is 429. The molecule has 0 radical (unpaired) electrons. The fourth-order valence-electron chi connectivity index (χ4n) is 3.46. The first kappa shape index (κ1) is 18.7. The highest BCUT2D eigenvalue weighted by atomic mass is 16.6. The van der Waals surface area contributed by atoms with Crippen LogP contribution in [0.5, 0.6) is 0 Å². The van der Waals surface area contributed by atoms with Gasteiger partial charge in [-0.3, -0.25) is 4.79 Å². The maximum atomic E-state index is 12.1. The van der Waals surface area contributed by atoms with Gasteiger partial charge in [0.2, 0.25) is 0 Å². The molecule has 0 aliphatic heterocycles. The molecule has 4 atom stereocenters. The molecule has 126 valence electrons. The van der Waals surface area contributed by atoms with Crippen molar-refractivity contribution in [1.29, 1.82) is 0 Å². The van der Waals surface area contributed by atoms with Gasteiger partial charge in [-0.15, -0.1) is 0 Å². The summed E-state index contributed by atoms with van der Waals surface area (Å²) in [5.41, 5.74) is -0.0854. The lowest BCUT2D eigenvalue weighted by atomic mass is 9.65. The summed E-state index contributed by atoms with van der Waals surface area (Å²) in [6.45, 7) is 13.8. The molecule has 0 amide bonds. The van der Waals surface area contributed by atoms with Crippen LogP contribution in [-0.2, 0) is 19.1 Å². The quantitative estimate of drug-likeness (QED) is 0.551. The molecule has 1 aliphatic rings. The standard InChI is InChI=1S/C18H30O4/c1-7-15-11-13(4)10-14(5)18(15,6)22-16(19)8-9-21-17(20)12(2)3/h13-15H,2,7-11H2,1,3-6H3. The maximum absolute atomic E-state index is 12.1. The van der Waals surface area contributed by atoms with Crippen molar-refractivity contribution in [2.24, 2.45) is 17.8 Å². The number of hydrogen-bond acceptors (Lipinski definition) is 4. The lowest BCUT2D eigenvalue weighted by Gasteiger charge is -2.47. The first-order valence-electron chi connectivity index (χ1n) is 8.25. The number of carbonyl (C=O) groups excluding carboxylic acids is 2. The van der Waals surface area contributed by atoms with E-state index in [4.69, 9.17) is 9.47 Å². The van der Waals surface area contributed by atoms with Gasteiger partial charge in [0.05, 0.1) is 6.42 Å². The molecule has 1 fully saturated rings. The van der Waals surface area contributed by atoms with Crippen LogP contribution in [-0.4, -0.2) is 24.1 Å². The van der Waals surface area contributed by atoms with Gasteiger partial charge >= 0.3 is 11.9 Å². The molecule has 4 nitrogen and oxygen atoms in total. The Balaban J connectivity index is 2.57. The lowest BCUT2D eigenvalue weighted by molar-refractivity contribution is -0.180. The van der Waals surface area contributed by atoms with Crippen LogP contribution < -0.4 is 0 Å². The van der Waals surface area contributed by atoms with Gasteiger partial charge in [-0.2, -0.15) is 0 Å². The molecular weight excluding hydrogens is 280 g/mol. The van der Waals surface area contributed by atoms with Crippen LogP contribution in [0, 0.1) is 17.8 Å². The number of esters is 2. The topological polar surface area (TPSA) is 52.6 Å². The van der Waals surface area contributed by atoms with Crippen molar-refractivity contribution in [1.82, 2.24) is 0 Å². The van der Waals surface area contributed by atoms with Crippen LogP contribution in [0.3, 0.4) is 0 Å². The third-order valence-electron chi connectivity index (χ3n) is 4.95. The smallest absolute Gasteiger partial charge is 0.333 e. The van der Waals surface area contributed by atoms with Crippen molar-refractivity contribution in [3.63, 3.8) is 0 Å². The van der Waals surface area contributed by atoms with Crippen LogP contribution in [0.1, 0.15) is 60.3 Å². The maximum Gasteiger partial charge on any atom is 0.333 e. The minimum Gasteiger partial charge on any atom is -0.462 e. The second-order valence-corrected chi connectivity index (χ2v) is 6.91. The molecule has 1 saturated carbocycles. The molecular formula is C18H30O4. The van der Waals surface area contributed by atoms with Crippen molar-refractivity contribution in [3.8, 4) is 0 Å². The van der Waals surface area contributed by atoms with E-state index in [2.05, 4.69) is 34.3 Å². The minimum absolute atomic E-state index is 0.0438. The predicted molar refractivity (Wildman–Crippen MR) is 86.2 cm³/mol. The summed E-state index contributed by atoms with van der Waals surface area (Å²) in [5.74, 6) is 0.627. The Morgan fingerprint density at radius 2 is 1.91 bits per heavy atom. The monoisotopic (exact) mass is 310 g/mol. The molecule has 0 aromatic heterocycles. The Kier molecular flexibility index (Phi) is 6.64. The fourth-order valence-corrected chi connectivity index (χ4v) is 3.46. The molecule has 0 saturated heterocycles. The summed E-state index contributed by atoms with van der Waals surface area (Å²) >= 11 is 0. The van der Waals surface area contributed by atoms with Crippen LogP contribution in [0.15, 0.2) is 12.2 Å². The lowest BCUT2D eigenvalue weighted by Crippen LogP contribution is -2.49. The molecule has 22 heavy (non-hydrogen) atoms. The SMILES string of the molecule is C=C(C)C(=O)OCCC(=O)OC1(C)C(C)CC(C)CC1CC. The van der Waals surface area contributed by atoms with E-state index in [0.29, 0.717) is 23.3 Å². The van der Waals surface area contributed by atoms with Gasteiger partial charge in [-0.05, 0) is 50.9 Å². The van der Waals surface area contributed by atoms with Crippen LogP contribution in [0.4, 0.5) is 0 Å². The molecule has 0 bridgehead atoms. The zero-order valence-corrected chi connectivity index (χ0v) is 14.6. The van der Waals surface area contributed by atoms with Gasteiger partial charge in [0, 0.05) is 5.57 Å². The molecule has 0 spiro atoms. The van der Waals surface area contributed by atoms with E-state index in [0.717, 1.165) is 19.3 Å². The molecule has 1 rings (SSSR count). The third kappa shape index (κ3) is 4.59. The van der Waals surface area contributed by atoms with E-state index in [-0.39, 0.29) is 19.0 Å². The summed E-state index contributed by atoms with van der Waals surface area (Å²) in [6, 6.07) is 0. The number of carbonyl (C=O) groups is 2. The van der Waals surface area contributed by atoms with Gasteiger partial charge in [0.15, 0.2) is 0 Å². The predicted octanol–water partition coefficient (Wildman–Crippen LogP) is 3.89. The zero-order chi connectivity index (χ0) is 16.9. The molecule has 0 N–H and O–H groups in total. The van der Waals surface area contributed by atoms with E-state index < -0.39 is 11.6 Å². The Morgan fingerprint density at radius 1 is 1.27 bits per heavy atom. The normalized spacial score (nSPS) is 31.4. The number of hydrogen-bond donors (Lipinski definition) is 0. The Morgan fingerprint density at radius 3 is 2.45 bits per heavy atom. The molecule has 0 heterocycles. The van der Waals surface area contributed by atoms with E-state index in [9.17, 15) is 9.59 Å². The second kappa shape index (κ2) is 7.80. The minimum atomic E-state index is -0.467. The van der Waals surface area contributed by atoms with Crippen molar-refractivity contribution in [2.45, 2.75) is 65.9 Å². The van der Waals surface area contributed by atoms with Crippen molar-refractivity contribution >= 4 is 11.9 Å². The largest absolute Gasteiger partial charge is 0.462 e. The average Bonchev–Trinajstić information content (AvgIpc) is 2.42. The van der Waals surface area contributed by atoms with Crippen LogP contribution in [0.2, 0.25) is 0 Å². The van der Waals surface area contributed by atoms with Crippen molar-refractivity contribution in [3.05, 3.63) is 12.2 Å². The summed E-state index contributed by atoms with van der Waals surface area (Å²) in [4.78, 5) is 23.4. The third-order valence-corrected chi connectivity index (χ3v) is 4.95. The number of ether oxygens (including phenoxy) is 2. The van der Waals surface area contributed by atoms with Gasteiger partial charge in [-0.25, -0.2) is 4.79 Å².